The van der Waals surface area contributed by atoms with E-state index in [2.05, 4.69) is 26.2 Å². The first-order valence-electron chi connectivity index (χ1n) is 5.51. The first-order chi connectivity index (χ1) is 9.81. The van der Waals surface area contributed by atoms with Gasteiger partial charge in [0, 0.05) is 5.69 Å². The van der Waals surface area contributed by atoms with Gasteiger partial charge in [-0.15, -0.1) is 0 Å². The van der Waals surface area contributed by atoms with Crippen molar-refractivity contribution in [2.24, 2.45) is 0 Å². The SMILES string of the molecule is N#Cc1ccc(C(F)(F)F)nc1Nc1ccc(F)c(Br)c1. The third kappa shape index (κ3) is 3.49. The molecule has 1 aromatic heterocycles. The van der Waals surface area contributed by atoms with E-state index < -0.39 is 17.7 Å². The summed E-state index contributed by atoms with van der Waals surface area (Å²) in [4.78, 5) is 3.39. The molecule has 0 bridgehead atoms. The van der Waals surface area contributed by atoms with Crippen LogP contribution in [-0.4, -0.2) is 4.98 Å². The highest BCUT2D eigenvalue weighted by atomic mass is 79.9. The van der Waals surface area contributed by atoms with Crippen molar-refractivity contribution in [1.82, 2.24) is 4.98 Å². The van der Waals surface area contributed by atoms with E-state index in [-0.39, 0.29) is 15.9 Å². The van der Waals surface area contributed by atoms with Gasteiger partial charge in [-0.25, -0.2) is 9.37 Å². The Morgan fingerprint density at radius 2 is 1.90 bits per heavy atom. The Labute approximate surface area is 125 Å². The summed E-state index contributed by atoms with van der Waals surface area (Å²) in [6.45, 7) is 0. The number of halogens is 5. The number of alkyl halides is 3. The minimum absolute atomic E-state index is 0.0524. The first kappa shape index (κ1) is 15.3. The van der Waals surface area contributed by atoms with E-state index in [1.165, 1.54) is 12.1 Å². The first-order valence-corrected chi connectivity index (χ1v) is 6.31. The van der Waals surface area contributed by atoms with Gasteiger partial charge in [-0.3, -0.25) is 0 Å². The summed E-state index contributed by atoms with van der Waals surface area (Å²) >= 11 is 2.96. The van der Waals surface area contributed by atoms with Gasteiger partial charge in [-0.05, 0) is 46.3 Å². The van der Waals surface area contributed by atoms with Crippen LogP contribution in [0.1, 0.15) is 11.3 Å². The van der Waals surface area contributed by atoms with Crippen LogP contribution in [0, 0.1) is 17.1 Å². The van der Waals surface area contributed by atoms with Gasteiger partial charge >= 0.3 is 6.18 Å². The summed E-state index contributed by atoms with van der Waals surface area (Å²) in [6, 6.07) is 7.28. The maximum absolute atomic E-state index is 13.1. The van der Waals surface area contributed by atoms with Gasteiger partial charge in [0.15, 0.2) is 0 Å². The molecule has 21 heavy (non-hydrogen) atoms. The van der Waals surface area contributed by atoms with E-state index in [0.29, 0.717) is 5.69 Å². The monoisotopic (exact) mass is 359 g/mol. The lowest BCUT2D eigenvalue weighted by Crippen LogP contribution is -2.10. The Kier molecular flexibility index (Phi) is 4.14. The quantitative estimate of drug-likeness (QED) is 0.796. The molecule has 0 aliphatic carbocycles. The Morgan fingerprint density at radius 1 is 1.19 bits per heavy atom. The third-order valence-corrected chi connectivity index (χ3v) is 3.10. The number of pyridine rings is 1. The summed E-state index contributed by atoms with van der Waals surface area (Å²) in [5.41, 5.74) is -0.875. The van der Waals surface area contributed by atoms with E-state index in [1.807, 2.05) is 0 Å². The molecule has 0 spiro atoms. The summed E-state index contributed by atoms with van der Waals surface area (Å²) < 4.78 is 51.1. The molecule has 0 amide bonds. The van der Waals surface area contributed by atoms with Gasteiger partial charge < -0.3 is 5.32 Å². The average molecular weight is 360 g/mol. The van der Waals surface area contributed by atoms with Crippen LogP contribution in [0.25, 0.3) is 0 Å². The van der Waals surface area contributed by atoms with Crippen molar-refractivity contribution in [3.63, 3.8) is 0 Å². The molecule has 8 heteroatoms. The lowest BCUT2D eigenvalue weighted by molar-refractivity contribution is -0.141. The Hall–Kier alpha value is -2.14. The van der Waals surface area contributed by atoms with Crippen molar-refractivity contribution in [2.75, 3.05) is 5.32 Å². The molecule has 2 rings (SSSR count). The number of anilines is 2. The summed E-state index contributed by atoms with van der Waals surface area (Å²) in [5, 5.41) is 11.5. The molecule has 2 aromatic rings. The van der Waals surface area contributed by atoms with Gasteiger partial charge in [-0.2, -0.15) is 18.4 Å². The minimum Gasteiger partial charge on any atom is -0.339 e. The van der Waals surface area contributed by atoms with Crippen LogP contribution in [-0.2, 0) is 6.18 Å². The summed E-state index contributed by atoms with van der Waals surface area (Å²) in [6.07, 6.45) is -4.62. The molecule has 1 N–H and O–H groups in total. The van der Waals surface area contributed by atoms with Gasteiger partial charge in [0.25, 0.3) is 0 Å². The van der Waals surface area contributed by atoms with E-state index in [1.54, 1.807) is 6.07 Å². The van der Waals surface area contributed by atoms with Crippen LogP contribution in [0.2, 0.25) is 0 Å². The van der Waals surface area contributed by atoms with E-state index in [9.17, 15) is 17.6 Å². The maximum Gasteiger partial charge on any atom is 0.433 e. The number of nitriles is 1. The number of nitrogens with one attached hydrogen (secondary N) is 1. The number of aromatic nitrogens is 1. The van der Waals surface area contributed by atoms with Gasteiger partial charge in [0.1, 0.15) is 23.4 Å². The van der Waals surface area contributed by atoms with Crippen molar-refractivity contribution in [3.8, 4) is 6.07 Å². The average Bonchev–Trinajstić information content (AvgIpc) is 2.42. The Balaban J connectivity index is 2.42. The molecule has 0 saturated carbocycles. The fraction of sp³-hybridized carbons (Fsp3) is 0.0769. The number of rotatable bonds is 2. The maximum atomic E-state index is 13.1. The molecule has 0 radical (unpaired) electrons. The van der Waals surface area contributed by atoms with Crippen molar-refractivity contribution in [3.05, 3.63) is 51.9 Å². The van der Waals surface area contributed by atoms with Gasteiger partial charge in [0.2, 0.25) is 0 Å². The molecule has 1 aromatic carbocycles. The predicted octanol–water partition coefficient (Wildman–Crippen LogP) is 4.62. The molecule has 0 aliphatic rings. The van der Waals surface area contributed by atoms with Crippen molar-refractivity contribution >= 4 is 27.4 Å². The minimum atomic E-state index is -4.62. The molecular weight excluding hydrogens is 354 g/mol. The van der Waals surface area contributed by atoms with Crippen molar-refractivity contribution in [1.29, 1.82) is 5.26 Å². The molecule has 0 saturated heterocycles. The smallest absolute Gasteiger partial charge is 0.339 e. The fourth-order valence-corrected chi connectivity index (χ4v) is 1.89. The second-order valence-electron chi connectivity index (χ2n) is 3.96. The highest BCUT2D eigenvalue weighted by molar-refractivity contribution is 9.10. The van der Waals surface area contributed by atoms with E-state index in [4.69, 9.17) is 5.26 Å². The highest BCUT2D eigenvalue weighted by Crippen LogP contribution is 2.30. The normalized spacial score (nSPS) is 11.0. The van der Waals surface area contributed by atoms with Gasteiger partial charge in [0.05, 0.1) is 10.0 Å². The zero-order valence-corrected chi connectivity index (χ0v) is 11.8. The molecule has 3 nitrogen and oxygen atoms in total. The van der Waals surface area contributed by atoms with Crippen LogP contribution in [0.5, 0.6) is 0 Å². The van der Waals surface area contributed by atoms with Crippen LogP contribution in [0.4, 0.5) is 29.1 Å². The molecule has 1 heterocycles. The second-order valence-corrected chi connectivity index (χ2v) is 4.81. The molecule has 0 atom stereocenters. The number of benzene rings is 1. The van der Waals surface area contributed by atoms with E-state index >= 15 is 0 Å². The standard InChI is InChI=1S/C13H6BrF4N3/c14-9-5-8(2-3-10(9)15)20-12-7(6-19)1-4-11(21-12)13(16,17)18/h1-5H,(H,20,21). The highest BCUT2D eigenvalue weighted by Gasteiger charge is 2.33. The van der Waals surface area contributed by atoms with E-state index in [0.717, 1.165) is 18.2 Å². The Morgan fingerprint density at radius 3 is 2.48 bits per heavy atom. The number of nitrogens with zero attached hydrogens (tertiary/aromatic N) is 2. The van der Waals surface area contributed by atoms with Crippen LogP contribution >= 0.6 is 15.9 Å². The van der Waals surface area contributed by atoms with Crippen LogP contribution in [0.15, 0.2) is 34.8 Å². The van der Waals surface area contributed by atoms with Crippen molar-refractivity contribution < 1.29 is 17.6 Å². The molecule has 108 valence electrons. The predicted molar refractivity (Wildman–Crippen MR) is 71.3 cm³/mol. The van der Waals surface area contributed by atoms with Crippen LogP contribution in [0.3, 0.4) is 0 Å². The molecule has 0 unspecified atom stereocenters. The topological polar surface area (TPSA) is 48.7 Å². The lowest BCUT2D eigenvalue weighted by Gasteiger charge is -2.11. The van der Waals surface area contributed by atoms with Gasteiger partial charge in [-0.1, -0.05) is 0 Å². The molecular formula is C13H6BrF4N3. The second kappa shape index (κ2) is 5.69. The molecule has 0 aliphatic heterocycles. The summed E-state index contributed by atoms with van der Waals surface area (Å²) in [7, 11) is 0. The number of hydrogen-bond acceptors (Lipinski definition) is 3. The lowest BCUT2D eigenvalue weighted by atomic mass is 10.2. The molecule has 0 fully saturated rings. The summed E-state index contributed by atoms with van der Waals surface area (Å²) in [5.74, 6) is -0.760. The largest absolute Gasteiger partial charge is 0.433 e. The van der Waals surface area contributed by atoms with Crippen molar-refractivity contribution in [2.45, 2.75) is 6.18 Å². The fourth-order valence-electron chi connectivity index (χ4n) is 1.51. The zero-order valence-electron chi connectivity index (χ0n) is 10.2. The van der Waals surface area contributed by atoms with Crippen LogP contribution < -0.4 is 5.32 Å². The zero-order chi connectivity index (χ0) is 15.6. The number of hydrogen-bond donors (Lipinski definition) is 1. The Bertz CT molecular complexity index is 722. The third-order valence-electron chi connectivity index (χ3n) is 2.49.